The van der Waals surface area contributed by atoms with Crippen molar-refractivity contribution in [2.24, 2.45) is 0 Å². The van der Waals surface area contributed by atoms with E-state index in [-0.39, 0.29) is 0 Å². The molecule has 0 N–H and O–H groups in total. The first-order valence-electron chi connectivity index (χ1n) is 21.0. The molecular weight excluding hydrogens is 617 g/mol. The van der Waals surface area contributed by atoms with Crippen LogP contribution >= 0.6 is 0 Å². The van der Waals surface area contributed by atoms with E-state index in [0.717, 1.165) is 0 Å². The van der Waals surface area contributed by atoms with Crippen molar-refractivity contribution in [1.29, 1.82) is 0 Å². The van der Waals surface area contributed by atoms with Crippen LogP contribution in [0.4, 0.5) is 0 Å². The molecule has 0 unspecified atom stereocenters. The minimum Gasteiger partial charge on any atom is -0.317 e. The van der Waals surface area contributed by atoms with Gasteiger partial charge in [-0.25, -0.2) is 0 Å². The monoisotopic (exact) mass is 685 g/mol. The highest BCUT2D eigenvalue weighted by atomic mass is 15.5. The van der Waals surface area contributed by atoms with Crippen molar-refractivity contribution in [3.8, 4) is 0 Å². The van der Waals surface area contributed by atoms with Gasteiger partial charge < -0.3 is 17.9 Å². The largest absolute Gasteiger partial charge is 0.317 e. The lowest BCUT2D eigenvalue weighted by Gasteiger charge is -2.52. The molecule has 0 aliphatic carbocycles. The van der Waals surface area contributed by atoms with Gasteiger partial charge in [0.2, 0.25) is 0 Å². The third kappa shape index (κ3) is 5.29. The molecule has 0 radical (unpaired) electrons. The summed E-state index contributed by atoms with van der Waals surface area (Å²) in [6.45, 7) is 47.1. The molecule has 12 saturated heterocycles. The predicted molar refractivity (Wildman–Crippen MR) is 203 cm³/mol. The molecule has 2 aromatic rings. The van der Waals surface area contributed by atoms with Crippen molar-refractivity contribution in [2.75, 3.05) is 157 Å². The molecule has 12 fully saturated rings. The van der Waals surface area contributed by atoms with Gasteiger partial charge in [0.15, 0.2) is 0 Å². The molecular formula is C42H68N8+4. The highest BCUT2D eigenvalue weighted by molar-refractivity contribution is 5.98. The van der Waals surface area contributed by atoms with Crippen LogP contribution in [0.15, 0.2) is 0 Å². The predicted octanol–water partition coefficient (Wildman–Crippen LogP) is 2.66. The summed E-state index contributed by atoms with van der Waals surface area (Å²) in [5, 5.41) is 3.56. The molecule has 8 nitrogen and oxygen atoms in total. The lowest BCUT2D eigenvalue weighted by atomic mass is 9.80. The summed E-state index contributed by atoms with van der Waals surface area (Å²) < 4.78 is 5.31. The Morgan fingerprint density at radius 1 is 0.300 bits per heavy atom. The summed E-state index contributed by atoms with van der Waals surface area (Å²) in [6.07, 6.45) is 0. The fraction of sp³-hybridized carbons (Fsp3) is 0.762. The zero-order valence-corrected chi connectivity index (χ0v) is 32.4. The van der Waals surface area contributed by atoms with Crippen LogP contribution in [0.25, 0.3) is 10.8 Å². The second kappa shape index (κ2) is 11.9. The second-order valence-corrected chi connectivity index (χ2v) is 19.2. The Labute approximate surface area is 303 Å². The smallest absolute Gasteiger partial charge is 0.105 e. The Kier molecular flexibility index (Phi) is 7.88. The molecule has 8 bridgehead atoms. The fourth-order valence-corrected chi connectivity index (χ4v) is 12.6. The van der Waals surface area contributed by atoms with Gasteiger partial charge in [-0.3, -0.25) is 19.6 Å². The lowest BCUT2D eigenvalue weighted by Crippen LogP contribution is -2.67. The summed E-state index contributed by atoms with van der Waals surface area (Å²) in [4.78, 5) is 11.0. The highest BCUT2D eigenvalue weighted by Crippen LogP contribution is 2.44. The van der Waals surface area contributed by atoms with Gasteiger partial charge in [0, 0.05) is 112 Å². The van der Waals surface area contributed by atoms with E-state index < -0.39 is 0 Å². The van der Waals surface area contributed by atoms with Crippen molar-refractivity contribution < 1.29 is 17.9 Å². The molecule has 12 aliphatic heterocycles. The van der Waals surface area contributed by atoms with Crippen LogP contribution in [0.3, 0.4) is 0 Å². The van der Waals surface area contributed by atoms with E-state index in [1.54, 1.807) is 55.3 Å². The fourth-order valence-electron chi connectivity index (χ4n) is 12.6. The molecule has 0 spiro atoms. The first-order chi connectivity index (χ1) is 24.2. The molecule has 0 aromatic heterocycles. The Morgan fingerprint density at radius 3 is 0.620 bits per heavy atom. The first kappa shape index (κ1) is 33.0. The SMILES string of the molecule is Cc1c(C)c(C[N+]23CCN(CC2)CC3)c2c(C[N+]34CCN(CC3)CC4)c(C)c(C)c(C[N+]34CCN(CC3)CC4)c2c1C[N+]12CCN(CC1)CC2. The van der Waals surface area contributed by atoms with E-state index in [2.05, 4.69) is 47.3 Å². The van der Waals surface area contributed by atoms with Crippen LogP contribution < -0.4 is 0 Å². The Morgan fingerprint density at radius 2 is 0.460 bits per heavy atom. The van der Waals surface area contributed by atoms with E-state index in [0.29, 0.717) is 0 Å². The Balaban J connectivity index is 1.22. The molecule has 0 saturated carbocycles. The van der Waals surface area contributed by atoms with Gasteiger partial charge in [-0.1, -0.05) is 0 Å². The molecule has 0 atom stereocenters. The topological polar surface area (TPSA) is 13.0 Å². The molecule has 272 valence electrons. The number of fused-ring (bicyclic) bond motifs is 13. The number of rotatable bonds is 8. The molecule has 50 heavy (non-hydrogen) atoms. The van der Waals surface area contributed by atoms with Crippen molar-refractivity contribution in [3.63, 3.8) is 0 Å². The van der Waals surface area contributed by atoms with Crippen LogP contribution in [0.5, 0.6) is 0 Å². The number of nitrogens with zero attached hydrogens (tertiary/aromatic N) is 8. The van der Waals surface area contributed by atoms with E-state index in [1.165, 1.54) is 201 Å². The number of piperazine rings is 12. The van der Waals surface area contributed by atoms with E-state index in [1.807, 2.05) is 0 Å². The van der Waals surface area contributed by atoms with Crippen LogP contribution in [-0.4, -0.2) is 195 Å². The third-order valence-corrected chi connectivity index (χ3v) is 17.1. The van der Waals surface area contributed by atoms with Crippen molar-refractivity contribution in [1.82, 2.24) is 19.6 Å². The molecule has 0 amide bonds. The van der Waals surface area contributed by atoms with Gasteiger partial charge in [0.25, 0.3) is 0 Å². The third-order valence-electron chi connectivity index (χ3n) is 17.1. The Bertz CT molecular complexity index is 1370. The van der Waals surface area contributed by atoms with E-state index in [4.69, 9.17) is 0 Å². The molecule has 12 heterocycles. The van der Waals surface area contributed by atoms with Crippen molar-refractivity contribution >= 4 is 10.8 Å². The second-order valence-electron chi connectivity index (χ2n) is 19.2. The number of benzene rings is 2. The standard InChI is InChI=1S/C42H68N8/c1-33-34(2)38(30-48-20-8-44(9-21-48)10-22-48)42-40(32-50-26-14-46(15-27-50)16-28-50)36(4)35(3)39(31-49-23-11-45(12-24-49)13-25-49)41(42)37(33)29-47-17-5-43(6-18-47)7-19-47/h5-32H2,1-4H3/q+4. The van der Waals surface area contributed by atoms with E-state index in [9.17, 15) is 0 Å². The summed E-state index contributed by atoms with van der Waals surface area (Å²) in [5.41, 5.74) is 13.8. The van der Waals surface area contributed by atoms with Crippen molar-refractivity contribution in [2.45, 2.75) is 53.9 Å². The number of hydrogen-bond donors (Lipinski definition) is 0. The molecule has 2 aromatic carbocycles. The van der Waals surface area contributed by atoms with Gasteiger partial charge in [-0.2, -0.15) is 0 Å². The minimum absolute atomic E-state index is 1.25. The summed E-state index contributed by atoms with van der Waals surface area (Å²) in [6, 6.07) is 0. The van der Waals surface area contributed by atoms with Crippen LogP contribution in [0, 0.1) is 27.7 Å². The highest BCUT2D eigenvalue weighted by Gasteiger charge is 2.45. The van der Waals surface area contributed by atoms with E-state index >= 15 is 0 Å². The number of hydrogen-bond acceptors (Lipinski definition) is 4. The summed E-state index contributed by atoms with van der Waals surface area (Å²) in [5.74, 6) is 0. The van der Waals surface area contributed by atoms with Crippen LogP contribution in [-0.2, 0) is 26.2 Å². The quantitative estimate of drug-likeness (QED) is 0.397. The molecule has 8 heteroatoms. The number of quaternary nitrogens is 4. The summed E-state index contributed by atoms with van der Waals surface area (Å²) in [7, 11) is 0. The first-order valence-corrected chi connectivity index (χ1v) is 21.0. The van der Waals surface area contributed by atoms with Gasteiger partial charge in [0.05, 0.1) is 78.5 Å². The maximum atomic E-state index is 2.74. The minimum atomic E-state index is 1.25. The average molecular weight is 685 g/mol. The van der Waals surface area contributed by atoms with Crippen LogP contribution in [0.2, 0.25) is 0 Å². The lowest BCUT2D eigenvalue weighted by molar-refractivity contribution is -0.954. The summed E-state index contributed by atoms with van der Waals surface area (Å²) >= 11 is 0. The maximum absolute atomic E-state index is 2.74. The average Bonchev–Trinajstić information content (AvgIpc) is 3.18. The maximum Gasteiger partial charge on any atom is 0.105 e. The normalized spacial score (nSPS) is 40.3. The van der Waals surface area contributed by atoms with Gasteiger partial charge in [0.1, 0.15) is 26.2 Å². The van der Waals surface area contributed by atoms with Crippen molar-refractivity contribution in [3.05, 3.63) is 44.5 Å². The van der Waals surface area contributed by atoms with Crippen LogP contribution in [0.1, 0.15) is 44.5 Å². The Hall–Kier alpha value is -1.62. The molecule has 12 aliphatic rings. The van der Waals surface area contributed by atoms with Gasteiger partial charge in [-0.05, 0) is 49.9 Å². The zero-order chi connectivity index (χ0) is 33.9. The van der Waals surface area contributed by atoms with Gasteiger partial charge >= 0.3 is 0 Å². The zero-order valence-electron chi connectivity index (χ0n) is 32.4. The van der Waals surface area contributed by atoms with Gasteiger partial charge in [-0.15, -0.1) is 0 Å². The molecule has 14 rings (SSSR count).